The van der Waals surface area contributed by atoms with Crippen LogP contribution in [0.25, 0.3) is 10.8 Å². The van der Waals surface area contributed by atoms with Gasteiger partial charge in [-0.3, -0.25) is 4.79 Å². The molecule has 0 radical (unpaired) electrons. The third-order valence-electron chi connectivity index (χ3n) is 5.54. The molecule has 0 unspecified atom stereocenters. The molecule has 2 aliphatic rings. The van der Waals surface area contributed by atoms with Crippen molar-refractivity contribution < 1.29 is 14.7 Å². The van der Waals surface area contributed by atoms with E-state index >= 15 is 0 Å². The number of hydrogen-bond donors (Lipinski definition) is 3. The Bertz CT molecular complexity index is 828. The molecule has 0 saturated heterocycles. The smallest absolute Gasteiger partial charge is 0.319 e. The van der Waals surface area contributed by atoms with Crippen molar-refractivity contribution in [1.29, 1.82) is 0 Å². The molecule has 5 heteroatoms. The van der Waals surface area contributed by atoms with E-state index in [2.05, 4.69) is 28.8 Å². The van der Waals surface area contributed by atoms with E-state index in [9.17, 15) is 9.59 Å². The maximum atomic E-state index is 12.4. The second-order valence-corrected chi connectivity index (χ2v) is 7.10. The van der Waals surface area contributed by atoms with Gasteiger partial charge in [0.15, 0.2) is 0 Å². The van der Waals surface area contributed by atoms with Gasteiger partial charge in [-0.2, -0.15) is 0 Å². The number of amides is 2. The van der Waals surface area contributed by atoms with Gasteiger partial charge >= 0.3 is 12.0 Å². The van der Waals surface area contributed by atoms with Crippen molar-refractivity contribution in [2.45, 2.75) is 44.6 Å². The first-order valence-electron chi connectivity index (χ1n) is 8.95. The normalized spacial score (nSPS) is 21.9. The molecule has 130 valence electrons. The quantitative estimate of drug-likeness (QED) is 0.798. The predicted octanol–water partition coefficient (Wildman–Crippen LogP) is 3.70. The van der Waals surface area contributed by atoms with Crippen LogP contribution < -0.4 is 10.6 Å². The Morgan fingerprint density at radius 1 is 0.960 bits per heavy atom. The van der Waals surface area contributed by atoms with Crippen molar-refractivity contribution in [1.82, 2.24) is 5.32 Å². The minimum Gasteiger partial charge on any atom is -0.481 e. The average Bonchev–Trinajstić information content (AvgIpc) is 3.03. The molecule has 0 atom stereocenters. The summed E-state index contributed by atoms with van der Waals surface area (Å²) in [7, 11) is 0. The SMILES string of the molecule is O=C(Nc1ccc2c3c(cccc13)CC2)NC1CCC(C(=O)O)CC1. The predicted molar refractivity (Wildman–Crippen MR) is 96.9 cm³/mol. The lowest BCUT2D eigenvalue weighted by Crippen LogP contribution is -2.41. The number of carbonyl (C=O) groups is 2. The molecule has 5 nitrogen and oxygen atoms in total. The number of carboxylic acids is 1. The molecule has 0 heterocycles. The van der Waals surface area contributed by atoms with Crippen LogP contribution >= 0.6 is 0 Å². The summed E-state index contributed by atoms with van der Waals surface area (Å²) in [5.74, 6) is -0.992. The molecule has 0 aliphatic heterocycles. The first-order chi connectivity index (χ1) is 12.1. The summed E-state index contributed by atoms with van der Waals surface area (Å²) in [5, 5.41) is 17.4. The molecule has 1 fully saturated rings. The topological polar surface area (TPSA) is 78.4 Å². The summed E-state index contributed by atoms with van der Waals surface area (Å²) in [5.41, 5.74) is 3.53. The fourth-order valence-electron chi connectivity index (χ4n) is 4.18. The van der Waals surface area contributed by atoms with Crippen LogP contribution in [0.4, 0.5) is 10.5 Å². The fourth-order valence-corrected chi connectivity index (χ4v) is 4.18. The molecule has 2 aromatic rings. The maximum absolute atomic E-state index is 12.4. The van der Waals surface area contributed by atoms with E-state index in [1.807, 2.05) is 12.1 Å². The molecule has 0 spiro atoms. The second-order valence-electron chi connectivity index (χ2n) is 7.10. The van der Waals surface area contributed by atoms with Gasteiger partial charge in [-0.1, -0.05) is 24.3 Å². The third-order valence-corrected chi connectivity index (χ3v) is 5.54. The lowest BCUT2D eigenvalue weighted by Gasteiger charge is -2.27. The molecule has 3 N–H and O–H groups in total. The largest absolute Gasteiger partial charge is 0.481 e. The Morgan fingerprint density at radius 3 is 2.40 bits per heavy atom. The molecular formula is C20H22N2O3. The highest BCUT2D eigenvalue weighted by atomic mass is 16.4. The summed E-state index contributed by atoms with van der Waals surface area (Å²) >= 11 is 0. The minimum atomic E-state index is -0.726. The summed E-state index contributed by atoms with van der Waals surface area (Å²) in [6.45, 7) is 0. The highest BCUT2D eigenvalue weighted by molar-refractivity contribution is 6.04. The summed E-state index contributed by atoms with van der Waals surface area (Å²) < 4.78 is 0. The number of nitrogens with one attached hydrogen (secondary N) is 2. The number of urea groups is 1. The lowest BCUT2D eigenvalue weighted by atomic mass is 9.86. The number of anilines is 1. The van der Waals surface area contributed by atoms with Gasteiger partial charge in [0.2, 0.25) is 0 Å². The van der Waals surface area contributed by atoms with E-state index in [4.69, 9.17) is 5.11 Å². The van der Waals surface area contributed by atoms with Crippen LogP contribution in [-0.2, 0) is 17.6 Å². The Morgan fingerprint density at radius 2 is 1.68 bits per heavy atom. The van der Waals surface area contributed by atoms with Crippen LogP contribution in [0, 0.1) is 5.92 Å². The number of aliphatic carboxylic acids is 1. The van der Waals surface area contributed by atoms with Crippen LogP contribution in [0.2, 0.25) is 0 Å². The number of benzene rings is 2. The summed E-state index contributed by atoms with van der Waals surface area (Å²) in [4.78, 5) is 23.4. The van der Waals surface area contributed by atoms with Crippen molar-refractivity contribution in [3.8, 4) is 0 Å². The number of aryl methyl sites for hydroxylation is 2. The van der Waals surface area contributed by atoms with Crippen molar-refractivity contribution in [2.75, 3.05) is 5.32 Å². The van der Waals surface area contributed by atoms with Gasteiger partial charge in [0.05, 0.1) is 11.6 Å². The zero-order chi connectivity index (χ0) is 17.4. The summed E-state index contributed by atoms with van der Waals surface area (Å²) in [6.07, 6.45) is 4.81. The molecule has 0 bridgehead atoms. The Labute approximate surface area is 146 Å². The van der Waals surface area contributed by atoms with Crippen LogP contribution in [0.1, 0.15) is 36.8 Å². The fraction of sp³-hybridized carbons (Fsp3) is 0.400. The molecule has 2 amide bonds. The number of carboxylic acid groups (broad SMARTS) is 1. The first-order valence-corrected chi connectivity index (χ1v) is 8.95. The van der Waals surface area contributed by atoms with E-state index in [0.29, 0.717) is 25.7 Å². The Hall–Kier alpha value is -2.56. The van der Waals surface area contributed by atoms with Gasteiger partial charge in [-0.25, -0.2) is 4.79 Å². The van der Waals surface area contributed by atoms with Crippen molar-refractivity contribution >= 4 is 28.5 Å². The van der Waals surface area contributed by atoms with Gasteiger partial charge in [0.1, 0.15) is 0 Å². The highest BCUT2D eigenvalue weighted by Gasteiger charge is 2.26. The second kappa shape index (κ2) is 6.39. The van der Waals surface area contributed by atoms with E-state index in [-0.39, 0.29) is 18.0 Å². The molecule has 2 aromatic carbocycles. The van der Waals surface area contributed by atoms with Gasteiger partial charge < -0.3 is 15.7 Å². The minimum absolute atomic E-state index is 0.0485. The van der Waals surface area contributed by atoms with Gasteiger partial charge in [0.25, 0.3) is 0 Å². The van der Waals surface area contributed by atoms with Crippen LogP contribution in [0.15, 0.2) is 30.3 Å². The third kappa shape index (κ3) is 3.06. The van der Waals surface area contributed by atoms with Crippen LogP contribution in [-0.4, -0.2) is 23.1 Å². The van der Waals surface area contributed by atoms with E-state index < -0.39 is 5.97 Å². The molecule has 1 saturated carbocycles. The van der Waals surface area contributed by atoms with Gasteiger partial charge in [0, 0.05) is 11.4 Å². The standard InChI is InChI=1S/C20H22N2O3/c23-19(24)14-6-9-15(10-7-14)21-20(25)22-17-11-8-13-5-4-12-2-1-3-16(17)18(12)13/h1-3,8,11,14-15H,4-7,9-10H2,(H,23,24)(H2,21,22,25). The summed E-state index contributed by atoms with van der Waals surface area (Å²) in [6, 6.07) is 10.2. The highest BCUT2D eigenvalue weighted by Crippen LogP contribution is 2.35. The zero-order valence-electron chi connectivity index (χ0n) is 14.0. The maximum Gasteiger partial charge on any atom is 0.319 e. The first kappa shape index (κ1) is 15.9. The van der Waals surface area contributed by atoms with Crippen LogP contribution in [0.5, 0.6) is 0 Å². The average molecular weight is 338 g/mol. The number of hydrogen-bond acceptors (Lipinski definition) is 2. The molecule has 2 aliphatic carbocycles. The number of rotatable bonds is 3. The lowest BCUT2D eigenvalue weighted by molar-refractivity contribution is -0.142. The Balaban J connectivity index is 1.44. The molecular weight excluding hydrogens is 316 g/mol. The van der Waals surface area contributed by atoms with E-state index in [0.717, 1.165) is 23.9 Å². The van der Waals surface area contributed by atoms with Crippen molar-refractivity contribution in [3.63, 3.8) is 0 Å². The number of carbonyl (C=O) groups excluding carboxylic acids is 1. The zero-order valence-corrected chi connectivity index (χ0v) is 14.0. The molecule has 0 aromatic heterocycles. The van der Waals surface area contributed by atoms with Gasteiger partial charge in [-0.05, 0) is 61.1 Å². The molecule has 4 rings (SSSR count). The van der Waals surface area contributed by atoms with E-state index in [1.165, 1.54) is 16.5 Å². The van der Waals surface area contributed by atoms with E-state index in [1.54, 1.807) is 0 Å². The monoisotopic (exact) mass is 338 g/mol. The van der Waals surface area contributed by atoms with Gasteiger partial charge in [-0.15, -0.1) is 0 Å². The Kier molecular flexibility index (Phi) is 4.07. The van der Waals surface area contributed by atoms with Crippen molar-refractivity contribution in [3.05, 3.63) is 41.5 Å². The molecule has 25 heavy (non-hydrogen) atoms. The van der Waals surface area contributed by atoms with Crippen molar-refractivity contribution in [2.24, 2.45) is 5.92 Å². The van der Waals surface area contributed by atoms with Crippen LogP contribution in [0.3, 0.4) is 0 Å².